The summed E-state index contributed by atoms with van der Waals surface area (Å²) in [4.78, 5) is 13.2. The molecule has 0 saturated carbocycles. The summed E-state index contributed by atoms with van der Waals surface area (Å²) in [5.41, 5.74) is 7.90. The average Bonchev–Trinajstić information content (AvgIpc) is 3.19. The molecule has 1 atom stereocenters. The van der Waals surface area contributed by atoms with Gasteiger partial charge in [0.05, 0.1) is 22.6 Å². The maximum atomic E-state index is 13.0. The fourth-order valence-electron chi connectivity index (χ4n) is 4.19. The number of thiophene rings is 1. The van der Waals surface area contributed by atoms with Crippen LogP contribution < -0.4 is 19.9 Å². The zero-order chi connectivity index (χ0) is 26.3. The molecule has 5 rings (SSSR count). The van der Waals surface area contributed by atoms with Crippen molar-refractivity contribution in [2.24, 2.45) is 5.73 Å². The van der Waals surface area contributed by atoms with Crippen LogP contribution >= 0.6 is 46.1 Å². The lowest BCUT2D eigenvalue weighted by atomic mass is 9.83. The summed E-state index contributed by atoms with van der Waals surface area (Å²) in [6, 6.07) is 17.8. The van der Waals surface area contributed by atoms with E-state index < -0.39 is 11.9 Å². The lowest BCUT2D eigenvalue weighted by molar-refractivity contribution is 0.0740. The Morgan fingerprint density at radius 3 is 2.70 bits per heavy atom. The van der Waals surface area contributed by atoms with Gasteiger partial charge in [0.2, 0.25) is 5.88 Å². The van der Waals surface area contributed by atoms with E-state index in [0.29, 0.717) is 43.8 Å². The van der Waals surface area contributed by atoms with Crippen molar-refractivity contribution in [1.29, 1.82) is 5.26 Å². The Morgan fingerprint density at radius 1 is 1.14 bits per heavy atom. The summed E-state index contributed by atoms with van der Waals surface area (Å²) in [5, 5.41) is 11.3. The Morgan fingerprint density at radius 2 is 1.95 bits per heavy atom. The average molecular weight is 572 g/mol. The van der Waals surface area contributed by atoms with E-state index in [4.69, 9.17) is 54.7 Å². The highest BCUT2D eigenvalue weighted by Gasteiger charge is 2.31. The van der Waals surface area contributed by atoms with Crippen LogP contribution in [0.15, 0.2) is 66.1 Å². The second-order valence-electron chi connectivity index (χ2n) is 8.03. The summed E-state index contributed by atoms with van der Waals surface area (Å²) >= 11 is 20.0. The number of nitrogens with zero attached hydrogens (tertiary/aromatic N) is 1. The van der Waals surface area contributed by atoms with Crippen LogP contribution in [0.1, 0.15) is 33.6 Å². The summed E-state index contributed by atoms with van der Waals surface area (Å²) in [7, 11) is 0. The van der Waals surface area contributed by atoms with Gasteiger partial charge >= 0.3 is 5.97 Å². The number of benzene rings is 3. The first-order valence-corrected chi connectivity index (χ1v) is 13.0. The molecular weight excluding hydrogens is 555 g/mol. The highest BCUT2D eigenvalue weighted by molar-refractivity contribution is 7.21. The minimum atomic E-state index is -0.656. The van der Waals surface area contributed by atoms with Crippen LogP contribution in [0.2, 0.25) is 15.1 Å². The molecule has 3 aromatic carbocycles. The first-order chi connectivity index (χ1) is 17.8. The molecular formula is C27H17Cl3N2O4S. The van der Waals surface area contributed by atoms with Gasteiger partial charge in [-0.3, -0.25) is 0 Å². The first-order valence-electron chi connectivity index (χ1n) is 11.0. The molecule has 37 heavy (non-hydrogen) atoms. The molecule has 6 nitrogen and oxygen atoms in total. The van der Waals surface area contributed by atoms with E-state index in [9.17, 15) is 10.1 Å². The van der Waals surface area contributed by atoms with Crippen molar-refractivity contribution in [2.75, 3.05) is 6.61 Å². The molecule has 0 aliphatic carbocycles. The number of halogens is 3. The van der Waals surface area contributed by atoms with Crippen LogP contribution in [0.5, 0.6) is 17.2 Å². The van der Waals surface area contributed by atoms with Gasteiger partial charge in [-0.15, -0.1) is 11.3 Å². The number of esters is 1. The van der Waals surface area contributed by atoms with Crippen LogP contribution in [0, 0.1) is 11.3 Å². The van der Waals surface area contributed by atoms with Crippen LogP contribution in [0.4, 0.5) is 0 Å². The van der Waals surface area contributed by atoms with E-state index in [2.05, 4.69) is 6.07 Å². The molecule has 0 radical (unpaired) electrons. The first kappa shape index (κ1) is 25.2. The van der Waals surface area contributed by atoms with Gasteiger partial charge in [-0.05, 0) is 42.8 Å². The number of rotatable bonds is 5. The van der Waals surface area contributed by atoms with Crippen molar-refractivity contribution in [3.8, 4) is 23.3 Å². The number of ether oxygens (including phenoxy) is 3. The zero-order valence-electron chi connectivity index (χ0n) is 19.2. The summed E-state index contributed by atoms with van der Waals surface area (Å²) in [6.07, 6.45) is 0. The van der Waals surface area contributed by atoms with Crippen LogP contribution in [0.3, 0.4) is 0 Å². The number of nitriles is 1. The predicted octanol–water partition coefficient (Wildman–Crippen LogP) is 7.70. The van der Waals surface area contributed by atoms with Crippen LogP contribution in [0.25, 0.3) is 10.1 Å². The van der Waals surface area contributed by atoms with E-state index in [1.807, 2.05) is 31.2 Å². The van der Waals surface area contributed by atoms with Crippen molar-refractivity contribution < 1.29 is 19.0 Å². The highest BCUT2D eigenvalue weighted by Crippen LogP contribution is 2.45. The molecule has 1 unspecified atom stereocenters. The van der Waals surface area contributed by atoms with Crippen molar-refractivity contribution in [2.45, 2.75) is 12.8 Å². The third-order valence-electron chi connectivity index (χ3n) is 5.74. The summed E-state index contributed by atoms with van der Waals surface area (Å²) in [6.45, 7) is 2.41. The van der Waals surface area contributed by atoms with Crippen LogP contribution in [-0.4, -0.2) is 12.6 Å². The van der Waals surface area contributed by atoms with Crippen molar-refractivity contribution in [1.82, 2.24) is 0 Å². The molecule has 1 aliphatic rings. The van der Waals surface area contributed by atoms with E-state index in [0.717, 1.165) is 16.9 Å². The Bertz CT molecular complexity index is 1640. The zero-order valence-corrected chi connectivity index (χ0v) is 22.3. The van der Waals surface area contributed by atoms with Gasteiger partial charge in [-0.25, -0.2) is 4.79 Å². The predicted molar refractivity (Wildman–Crippen MR) is 145 cm³/mol. The lowest BCUT2D eigenvalue weighted by Gasteiger charge is -2.27. The van der Waals surface area contributed by atoms with E-state index >= 15 is 0 Å². The van der Waals surface area contributed by atoms with Gasteiger partial charge in [0.1, 0.15) is 33.8 Å². The van der Waals surface area contributed by atoms with Crippen molar-refractivity contribution in [3.05, 3.63) is 97.1 Å². The number of nitrogens with two attached hydrogens (primary N) is 1. The summed E-state index contributed by atoms with van der Waals surface area (Å²) < 4.78 is 17.7. The molecule has 1 aromatic heterocycles. The SMILES string of the molecule is CCOc1cccc(C2C(C#N)=C(N)Oc3cc(OC(=O)c4sc5cc(Cl)cc(Cl)c5c4Cl)ccc32)c1. The molecule has 0 bridgehead atoms. The molecule has 4 aromatic rings. The van der Waals surface area contributed by atoms with Gasteiger partial charge < -0.3 is 19.9 Å². The molecule has 0 spiro atoms. The van der Waals surface area contributed by atoms with Gasteiger partial charge in [0.15, 0.2) is 0 Å². The second kappa shape index (κ2) is 10.2. The lowest BCUT2D eigenvalue weighted by Crippen LogP contribution is -2.21. The monoisotopic (exact) mass is 570 g/mol. The van der Waals surface area contributed by atoms with Gasteiger partial charge in [0, 0.05) is 26.7 Å². The Hall–Kier alpha value is -3.41. The van der Waals surface area contributed by atoms with Gasteiger partial charge in [-0.2, -0.15) is 5.26 Å². The van der Waals surface area contributed by atoms with Gasteiger partial charge in [0.25, 0.3) is 0 Å². The number of carbonyl (C=O) groups excluding carboxylic acids is 1. The topological polar surface area (TPSA) is 94.6 Å². The van der Waals surface area contributed by atoms with Gasteiger partial charge in [-0.1, -0.05) is 53.0 Å². The number of hydrogen-bond donors (Lipinski definition) is 1. The molecule has 1 aliphatic heterocycles. The molecule has 186 valence electrons. The second-order valence-corrected chi connectivity index (χ2v) is 10.3. The number of carbonyl (C=O) groups is 1. The van der Waals surface area contributed by atoms with E-state index in [-0.39, 0.29) is 27.1 Å². The molecule has 0 amide bonds. The molecule has 0 fully saturated rings. The highest BCUT2D eigenvalue weighted by atomic mass is 35.5. The standard InChI is InChI=1S/C27H17Cl3N2O4S/c1-2-34-15-5-3-4-13(8-15)22-17-7-6-16(11-20(17)36-26(32)18(22)12-31)35-27(33)25-24(30)23-19(29)9-14(28)10-21(23)37-25/h3-11,22H,2,32H2,1H3. The van der Waals surface area contributed by atoms with E-state index in [1.165, 1.54) is 0 Å². The Labute approximate surface area is 231 Å². The normalized spacial score (nSPS) is 14.6. The Balaban J connectivity index is 1.49. The molecule has 10 heteroatoms. The maximum Gasteiger partial charge on any atom is 0.355 e. The summed E-state index contributed by atoms with van der Waals surface area (Å²) in [5.74, 6) is 0.0990. The Kier molecular flexibility index (Phi) is 6.93. The third kappa shape index (κ3) is 4.70. The molecule has 0 saturated heterocycles. The van der Waals surface area contributed by atoms with Crippen molar-refractivity contribution >= 4 is 62.2 Å². The fraction of sp³-hybridized carbons (Fsp3) is 0.111. The van der Waals surface area contributed by atoms with E-state index in [1.54, 1.807) is 30.3 Å². The third-order valence-corrected chi connectivity index (χ3v) is 7.86. The number of allylic oxidation sites excluding steroid dienone is 1. The number of fused-ring (bicyclic) bond motifs is 2. The van der Waals surface area contributed by atoms with Crippen LogP contribution in [-0.2, 0) is 0 Å². The largest absolute Gasteiger partial charge is 0.494 e. The quantitative estimate of drug-likeness (QED) is 0.195. The smallest absolute Gasteiger partial charge is 0.355 e. The maximum absolute atomic E-state index is 13.0. The minimum absolute atomic E-state index is 0.0237. The number of hydrogen-bond acceptors (Lipinski definition) is 7. The van der Waals surface area contributed by atoms with Crippen molar-refractivity contribution in [3.63, 3.8) is 0 Å². The minimum Gasteiger partial charge on any atom is -0.494 e. The molecule has 2 heterocycles. The molecule has 2 N–H and O–H groups in total. The fourth-order valence-corrected chi connectivity index (χ4v) is 6.44.